The molecular weight excluding hydrogens is 375 g/mol. The zero-order chi connectivity index (χ0) is 18.1. The molecule has 9 heteroatoms. The number of anilines is 1. The van der Waals surface area contributed by atoms with Gasteiger partial charge < -0.3 is 9.80 Å². The minimum absolute atomic E-state index is 0.0396. The predicted molar refractivity (Wildman–Crippen MR) is 94.3 cm³/mol. The number of hydrogen-bond donors (Lipinski definition) is 0. The number of rotatable bonds is 4. The average molecular weight is 393 g/mol. The molecule has 24 heavy (non-hydrogen) atoms. The molecule has 1 heterocycles. The Morgan fingerprint density at radius 3 is 2.42 bits per heavy atom. The van der Waals surface area contributed by atoms with Gasteiger partial charge in [0, 0.05) is 25.7 Å². The van der Waals surface area contributed by atoms with Gasteiger partial charge in [0.25, 0.3) is 0 Å². The third-order valence-corrected chi connectivity index (χ3v) is 6.53. The molecule has 1 aliphatic heterocycles. The minimum atomic E-state index is -3.09. The molecule has 1 saturated heterocycles. The summed E-state index contributed by atoms with van der Waals surface area (Å²) in [6.45, 7) is 1.15. The number of carbonyl (C=O) groups is 2. The molecule has 1 atom stereocenters. The van der Waals surface area contributed by atoms with Crippen molar-refractivity contribution >= 4 is 50.5 Å². The molecule has 1 fully saturated rings. The zero-order valence-electron chi connectivity index (χ0n) is 13.3. The van der Waals surface area contributed by atoms with Crippen molar-refractivity contribution in [1.82, 2.24) is 4.90 Å². The maximum absolute atomic E-state index is 12.5. The van der Waals surface area contributed by atoms with Crippen LogP contribution in [0.3, 0.4) is 0 Å². The van der Waals surface area contributed by atoms with Crippen molar-refractivity contribution in [2.24, 2.45) is 0 Å². The molecule has 1 aromatic rings. The van der Waals surface area contributed by atoms with E-state index in [1.54, 1.807) is 19.2 Å². The van der Waals surface area contributed by atoms with E-state index in [-0.39, 0.29) is 40.9 Å². The second-order valence-corrected chi connectivity index (χ2v) is 8.81. The van der Waals surface area contributed by atoms with Crippen LogP contribution in [0.4, 0.5) is 5.69 Å². The first-order valence-corrected chi connectivity index (χ1v) is 9.87. The summed E-state index contributed by atoms with van der Waals surface area (Å²) in [6.07, 6.45) is 0.414. The van der Waals surface area contributed by atoms with Crippen LogP contribution in [0.1, 0.15) is 13.3 Å². The van der Waals surface area contributed by atoms with E-state index in [0.29, 0.717) is 17.1 Å². The third-order valence-electron chi connectivity index (χ3n) is 4.04. The Morgan fingerprint density at radius 1 is 1.25 bits per heavy atom. The first-order chi connectivity index (χ1) is 11.1. The van der Waals surface area contributed by atoms with E-state index in [1.807, 2.05) is 0 Å². The number of nitrogens with zero attached hydrogens (tertiary/aromatic N) is 2. The molecule has 2 rings (SSSR count). The SMILES string of the molecule is CC(=O)N(CC(=O)N(C)C1CCS(=O)(=O)C1)c1ccc(Cl)c(Cl)c1. The van der Waals surface area contributed by atoms with Gasteiger partial charge in [0.1, 0.15) is 6.54 Å². The summed E-state index contributed by atoms with van der Waals surface area (Å²) in [5, 5.41) is 0.631. The molecule has 0 bridgehead atoms. The second-order valence-electron chi connectivity index (χ2n) is 5.77. The van der Waals surface area contributed by atoms with Crippen molar-refractivity contribution in [3.63, 3.8) is 0 Å². The Morgan fingerprint density at radius 2 is 1.92 bits per heavy atom. The Kier molecular flexibility index (Phi) is 5.78. The fraction of sp³-hybridized carbons (Fsp3) is 0.467. The summed E-state index contributed by atoms with van der Waals surface area (Å²) in [4.78, 5) is 27.0. The summed E-state index contributed by atoms with van der Waals surface area (Å²) in [7, 11) is -1.53. The number of likely N-dealkylation sites (N-methyl/N-ethyl adjacent to an activating group) is 1. The fourth-order valence-electron chi connectivity index (χ4n) is 2.57. The molecule has 132 valence electrons. The van der Waals surface area contributed by atoms with E-state index < -0.39 is 9.84 Å². The Labute approximate surface area is 151 Å². The number of amides is 2. The predicted octanol–water partition coefficient (Wildman–Crippen LogP) is 1.99. The molecule has 1 unspecified atom stereocenters. The van der Waals surface area contributed by atoms with E-state index in [0.717, 1.165) is 0 Å². The summed E-state index contributed by atoms with van der Waals surface area (Å²) in [5.41, 5.74) is 0.456. The highest BCUT2D eigenvalue weighted by molar-refractivity contribution is 7.91. The number of carbonyl (C=O) groups excluding carboxylic acids is 2. The summed E-state index contributed by atoms with van der Waals surface area (Å²) in [6, 6.07) is 4.30. The van der Waals surface area contributed by atoms with Crippen LogP contribution >= 0.6 is 23.2 Å². The molecule has 0 aromatic heterocycles. The topological polar surface area (TPSA) is 74.8 Å². The lowest BCUT2D eigenvalue weighted by Gasteiger charge is -2.27. The highest BCUT2D eigenvalue weighted by Crippen LogP contribution is 2.27. The molecule has 0 radical (unpaired) electrons. The van der Waals surface area contributed by atoms with Crippen LogP contribution in [0.25, 0.3) is 0 Å². The van der Waals surface area contributed by atoms with E-state index in [1.165, 1.54) is 22.8 Å². The molecule has 0 saturated carbocycles. The normalized spacial score (nSPS) is 19.1. The standard InChI is InChI=1S/C15H18Cl2N2O4S/c1-10(20)19(11-3-4-13(16)14(17)7-11)8-15(21)18(2)12-5-6-24(22,23)9-12/h3-4,7,12H,5-6,8-9H2,1-2H3. The van der Waals surface area contributed by atoms with Crippen molar-refractivity contribution < 1.29 is 18.0 Å². The van der Waals surface area contributed by atoms with Crippen LogP contribution in [0.5, 0.6) is 0 Å². The lowest BCUT2D eigenvalue weighted by Crippen LogP contribution is -2.45. The Balaban J connectivity index is 2.14. The molecule has 6 nitrogen and oxygen atoms in total. The largest absolute Gasteiger partial charge is 0.340 e. The number of sulfone groups is 1. The first-order valence-electron chi connectivity index (χ1n) is 7.30. The van der Waals surface area contributed by atoms with Gasteiger partial charge in [-0.05, 0) is 24.6 Å². The van der Waals surface area contributed by atoms with Gasteiger partial charge >= 0.3 is 0 Å². The van der Waals surface area contributed by atoms with Gasteiger partial charge in [-0.15, -0.1) is 0 Å². The van der Waals surface area contributed by atoms with E-state index >= 15 is 0 Å². The molecule has 1 aromatic carbocycles. The van der Waals surface area contributed by atoms with E-state index in [9.17, 15) is 18.0 Å². The Bertz CT molecular complexity index is 767. The molecule has 1 aliphatic rings. The molecule has 2 amide bonds. The van der Waals surface area contributed by atoms with Gasteiger partial charge in [-0.1, -0.05) is 23.2 Å². The van der Waals surface area contributed by atoms with Crippen LogP contribution in [-0.4, -0.2) is 56.3 Å². The van der Waals surface area contributed by atoms with E-state index in [2.05, 4.69) is 0 Å². The average Bonchev–Trinajstić information content (AvgIpc) is 2.86. The monoisotopic (exact) mass is 392 g/mol. The van der Waals surface area contributed by atoms with E-state index in [4.69, 9.17) is 23.2 Å². The number of hydrogen-bond acceptors (Lipinski definition) is 4. The third kappa shape index (κ3) is 4.40. The van der Waals surface area contributed by atoms with Gasteiger partial charge in [0.15, 0.2) is 9.84 Å². The highest BCUT2D eigenvalue weighted by Gasteiger charge is 2.33. The van der Waals surface area contributed by atoms with Crippen molar-refractivity contribution in [2.75, 3.05) is 30.0 Å². The maximum Gasteiger partial charge on any atom is 0.242 e. The van der Waals surface area contributed by atoms with Gasteiger partial charge in [0.05, 0.1) is 21.6 Å². The summed E-state index contributed by atoms with van der Waals surface area (Å²) < 4.78 is 23.1. The van der Waals surface area contributed by atoms with Crippen LogP contribution < -0.4 is 4.90 Å². The van der Waals surface area contributed by atoms with Crippen LogP contribution in [0.15, 0.2) is 18.2 Å². The lowest BCUT2D eigenvalue weighted by molar-refractivity contribution is -0.131. The van der Waals surface area contributed by atoms with Crippen molar-refractivity contribution in [3.8, 4) is 0 Å². The van der Waals surface area contributed by atoms with Crippen molar-refractivity contribution in [3.05, 3.63) is 28.2 Å². The molecule has 0 N–H and O–H groups in total. The quantitative estimate of drug-likeness (QED) is 0.784. The highest BCUT2D eigenvalue weighted by atomic mass is 35.5. The van der Waals surface area contributed by atoms with Gasteiger partial charge in [-0.25, -0.2) is 8.42 Å². The number of halogens is 2. The maximum atomic E-state index is 12.5. The van der Waals surface area contributed by atoms with Gasteiger partial charge in [-0.3, -0.25) is 9.59 Å². The van der Waals surface area contributed by atoms with Crippen molar-refractivity contribution in [2.45, 2.75) is 19.4 Å². The molecule has 0 spiro atoms. The molecular formula is C15H18Cl2N2O4S. The van der Waals surface area contributed by atoms with Gasteiger partial charge in [-0.2, -0.15) is 0 Å². The number of benzene rings is 1. The van der Waals surface area contributed by atoms with Crippen molar-refractivity contribution in [1.29, 1.82) is 0 Å². The van der Waals surface area contributed by atoms with Crippen LogP contribution in [0, 0.1) is 0 Å². The lowest BCUT2D eigenvalue weighted by atomic mass is 10.2. The Hall–Kier alpha value is -1.31. The summed E-state index contributed by atoms with van der Waals surface area (Å²) in [5.74, 6) is -0.617. The van der Waals surface area contributed by atoms with Gasteiger partial charge in [0.2, 0.25) is 11.8 Å². The minimum Gasteiger partial charge on any atom is -0.340 e. The smallest absolute Gasteiger partial charge is 0.242 e. The van der Waals surface area contributed by atoms with Crippen LogP contribution in [-0.2, 0) is 19.4 Å². The molecule has 0 aliphatic carbocycles. The zero-order valence-corrected chi connectivity index (χ0v) is 15.7. The summed E-state index contributed by atoms with van der Waals surface area (Å²) >= 11 is 11.8. The van der Waals surface area contributed by atoms with Crippen LogP contribution in [0.2, 0.25) is 10.0 Å². The second kappa shape index (κ2) is 7.29. The first kappa shape index (κ1) is 19.0. The fourth-order valence-corrected chi connectivity index (χ4v) is 4.64.